The first kappa shape index (κ1) is 30.7. The van der Waals surface area contributed by atoms with Crippen LogP contribution in [0.1, 0.15) is 108 Å². The van der Waals surface area contributed by atoms with Gasteiger partial charge in [0.25, 0.3) is 5.92 Å². The van der Waals surface area contributed by atoms with Gasteiger partial charge in [-0.15, -0.1) is 0 Å². The van der Waals surface area contributed by atoms with Crippen molar-refractivity contribution in [1.82, 2.24) is 9.97 Å². The van der Waals surface area contributed by atoms with Crippen molar-refractivity contribution in [1.29, 1.82) is 0 Å². The Labute approximate surface area is 235 Å². The molecule has 3 nitrogen and oxygen atoms in total. The monoisotopic (exact) mass is 566 g/mol. The molecule has 222 valence electrons. The van der Waals surface area contributed by atoms with E-state index < -0.39 is 42.3 Å². The maximum atomic E-state index is 15.4. The van der Waals surface area contributed by atoms with E-state index in [-0.39, 0.29) is 29.1 Å². The molecule has 2 aromatic heterocycles. The topological polar surface area (TPSA) is 35.0 Å². The molecule has 2 aliphatic carbocycles. The molecule has 2 aliphatic rings. The van der Waals surface area contributed by atoms with Gasteiger partial charge in [0.15, 0.2) is 6.17 Å². The average molecular weight is 567 g/mol. The van der Waals surface area contributed by atoms with Crippen molar-refractivity contribution in [3.05, 3.63) is 41.5 Å². The van der Waals surface area contributed by atoms with Crippen molar-refractivity contribution in [2.45, 2.75) is 122 Å². The Morgan fingerprint density at radius 3 is 2.27 bits per heavy atom. The van der Waals surface area contributed by atoms with Gasteiger partial charge in [0.05, 0.1) is 23.1 Å². The molecule has 0 aromatic carbocycles. The number of ether oxygens (including phenoxy) is 1. The van der Waals surface area contributed by atoms with Crippen LogP contribution in [-0.4, -0.2) is 28.9 Å². The second-order valence-corrected chi connectivity index (χ2v) is 11.7. The van der Waals surface area contributed by atoms with Crippen molar-refractivity contribution in [3.8, 4) is 17.1 Å². The summed E-state index contributed by atoms with van der Waals surface area (Å²) in [5, 5.41) is 0. The minimum atomic E-state index is -3.26. The van der Waals surface area contributed by atoms with Crippen molar-refractivity contribution in [2.24, 2.45) is 11.8 Å². The number of halogens is 5. The van der Waals surface area contributed by atoms with Gasteiger partial charge in [-0.25, -0.2) is 22.5 Å². The summed E-state index contributed by atoms with van der Waals surface area (Å²) in [4.78, 5) is 8.02. The number of aromatic nitrogens is 2. The minimum Gasteiger partial charge on any atom is -0.489 e. The molecule has 0 spiro atoms. The highest BCUT2D eigenvalue weighted by Gasteiger charge is 2.47. The van der Waals surface area contributed by atoms with E-state index in [0.717, 1.165) is 31.6 Å². The Balaban J connectivity index is 1.27. The lowest BCUT2D eigenvalue weighted by atomic mass is 9.78. The molecule has 3 atom stereocenters. The summed E-state index contributed by atoms with van der Waals surface area (Å²) in [7, 11) is 0. The van der Waals surface area contributed by atoms with E-state index in [0.29, 0.717) is 25.7 Å². The zero-order valence-corrected chi connectivity index (χ0v) is 23.6. The predicted octanol–water partition coefficient (Wildman–Crippen LogP) is 9.71. The molecular weight excluding hydrogens is 523 g/mol. The van der Waals surface area contributed by atoms with Crippen LogP contribution in [0.25, 0.3) is 11.4 Å². The third-order valence-electron chi connectivity index (χ3n) is 8.39. The van der Waals surface area contributed by atoms with Gasteiger partial charge in [-0.3, -0.25) is 4.98 Å². The highest BCUT2D eigenvalue weighted by molar-refractivity contribution is 5.57. The summed E-state index contributed by atoms with van der Waals surface area (Å²) in [6.45, 7) is 1.34. The van der Waals surface area contributed by atoms with Gasteiger partial charge in [-0.05, 0) is 55.4 Å². The Hall–Kier alpha value is -2.25. The fourth-order valence-electron chi connectivity index (χ4n) is 5.75. The second kappa shape index (κ2) is 14.6. The van der Waals surface area contributed by atoms with Gasteiger partial charge >= 0.3 is 0 Å². The van der Waals surface area contributed by atoms with Crippen molar-refractivity contribution < 1.29 is 26.7 Å². The maximum absolute atomic E-state index is 15.4. The Morgan fingerprint density at radius 2 is 1.62 bits per heavy atom. The summed E-state index contributed by atoms with van der Waals surface area (Å²) in [6.07, 6.45) is 11.6. The molecule has 1 fully saturated rings. The molecule has 0 saturated heterocycles. The van der Waals surface area contributed by atoms with E-state index in [2.05, 4.69) is 9.97 Å². The quantitative estimate of drug-likeness (QED) is 0.109. The molecular formula is C32H43F5N2O. The summed E-state index contributed by atoms with van der Waals surface area (Å²) < 4.78 is 78.6. The van der Waals surface area contributed by atoms with Gasteiger partial charge in [0.2, 0.25) is 5.95 Å². The zero-order valence-electron chi connectivity index (χ0n) is 23.6. The largest absolute Gasteiger partial charge is 0.489 e. The van der Waals surface area contributed by atoms with Gasteiger partial charge in [0.1, 0.15) is 18.5 Å². The fraction of sp³-hybridized carbons (Fsp3) is 0.688. The summed E-state index contributed by atoms with van der Waals surface area (Å²) in [5.74, 6) is -4.07. The van der Waals surface area contributed by atoms with Gasteiger partial charge in [0, 0.05) is 5.92 Å². The molecule has 0 bridgehead atoms. The summed E-state index contributed by atoms with van der Waals surface area (Å²) in [5.41, 5.74) is 0.134. The molecule has 3 unspecified atom stereocenters. The third kappa shape index (κ3) is 8.39. The number of pyridine rings is 2. The van der Waals surface area contributed by atoms with Crippen LogP contribution >= 0.6 is 0 Å². The Kier molecular flexibility index (Phi) is 11.2. The minimum absolute atomic E-state index is 0.122. The number of rotatable bonds is 17. The molecule has 2 heterocycles. The first-order chi connectivity index (χ1) is 19.3. The van der Waals surface area contributed by atoms with Crippen LogP contribution in [0.2, 0.25) is 0 Å². The molecule has 4 rings (SSSR count). The maximum Gasteiger partial charge on any atom is 0.280 e. The number of fused-ring (bicyclic) bond motifs is 1. The van der Waals surface area contributed by atoms with Crippen molar-refractivity contribution in [2.75, 3.05) is 6.61 Å². The lowest BCUT2D eigenvalue weighted by Crippen LogP contribution is -2.33. The van der Waals surface area contributed by atoms with Crippen LogP contribution < -0.4 is 4.74 Å². The van der Waals surface area contributed by atoms with E-state index in [1.54, 1.807) is 6.92 Å². The second-order valence-electron chi connectivity index (χ2n) is 11.7. The molecule has 0 N–H and O–H groups in total. The first-order valence-corrected chi connectivity index (χ1v) is 15.2. The standard InChI is InChI=1S/C32H43F5N2O/c1-2-10-26(33)27(34)21-40-25-17-18-28(38-20-25)29-19-23-15-16-24(32(36,37)30(23)31(35)39-29)12-9-7-5-3-4-6-8-11-22-13-14-22/h17-20,22,24,26-27H,2-16,21H2,1H3. The fourth-order valence-corrected chi connectivity index (χ4v) is 5.75. The molecule has 2 aromatic rings. The predicted molar refractivity (Wildman–Crippen MR) is 148 cm³/mol. The SMILES string of the molecule is CCCC(F)C(F)COc1ccc(-c2cc3c(c(F)n2)C(F)(F)C(CCCCCCCCCC2CC2)CC3)nc1. The summed E-state index contributed by atoms with van der Waals surface area (Å²) >= 11 is 0. The number of alkyl halides is 4. The van der Waals surface area contributed by atoms with Gasteiger partial charge in [-0.2, -0.15) is 4.39 Å². The molecule has 0 amide bonds. The molecule has 8 heteroatoms. The molecule has 1 saturated carbocycles. The number of nitrogens with zero attached hydrogens (tertiary/aromatic N) is 2. The molecule has 0 aliphatic heterocycles. The molecule has 40 heavy (non-hydrogen) atoms. The van der Waals surface area contributed by atoms with Gasteiger partial charge < -0.3 is 4.74 Å². The Morgan fingerprint density at radius 1 is 0.925 bits per heavy atom. The van der Waals surface area contributed by atoms with E-state index in [4.69, 9.17) is 4.74 Å². The van der Waals surface area contributed by atoms with Crippen LogP contribution in [0, 0.1) is 17.8 Å². The third-order valence-corrected chi connectivity index (χ3v) is 8.39. The van der Waals surface area contributed by atoms with E-state index in [1.165, 1.54) is 62.9 Å². The van der Waals surface area contributed by atoms with Crippen molar-refractivity contribution >= 4 is 0 Å². The lowest BCUT2D eigenvalue weighted by molar-refractivity contribution is -0.0824. The van der Waals surface area contributed by atoms with Gasteiger partial charge in [-0.1, -0.05) is 77.6 Å². The average Bonchev–Trinajstić information content (AvgIpc) is 3.76. The molecule has 0 radical (unpaired) electrons. The van der Waals surface area contributed by atoms with E-state index >= 15 is 13.2 Å². The number of hydrogen-bond donors (Lipinski definition) is 0. The Bertz CT molecular complexity index is 1060. The normalized spacial score (nSPS) is 19.7. The summed E-state index contributed by atoms with van der Waals surface area (Å²) in [6, 6.07) is 4.50. The number of unbranched alkanes of at least 4 members (excludes halogenated alkanes) is 6. The van der Waals surface area contributed by atoms with E-state index in [9.17, 15) is 8.78 Å². The van der Waals surface area contributed by atoms with Crippen LogP contribution in [0.5, 0.6) is 5.75 Å². The van der Waals surface area contributed by atoms with Crippen LogP contribution in [0.3, 0.4) is 0 Å². The number of hydrogen-bond acceptors (Lipinski definition) is 3. The smallest absolute Gasteiger partial charge is 0.280 e. The van der Waals surface area contributed by atoms with Crippen molar-refractivity contribution in [3.63, 3.8) is 0 Å². The lowest BCUT2D eigenvalue weighted by Gasteiger charge is -2.33. The van der Waals surface area contributed by atoms with E-state index in [1.807, 2.05) is 0 Å². The highest BCUT2D eigenvalue weighted by atomic mass is 19.3. The first-order valence-electron chi connectivity index (χ1n) is 15.2. The number of aryl methyl sites for hydroxylation is 1. The van der Waals surface area contributed by atoms with Crippen LogP contribution in [0.15, 0.2) is 24.4 Å². The van der Waals surface area contributed by atoms with Crippen LogP contribution in [0.4, 0.5) is 22.0 Å². The highest BCUT2D eigenvalue weighted by Crippen LogP contribution is 2.47. The zero-order chi connectivity index (χ0) is 28.5. The van der Waals surface area contributed by atoms with Crippen LogP contribution in [-0.2, 0) is 12.3 Å².